The van der Waals surface area contributed by atoms with Gasteiger partial charge in [-0.3, -0.25) is 14.5 Å². The van der Waals surface area contributed by atoms with E-state index in [1.807, 2.05) is 18.2 Å². The van der Waals surface area contributed by atoms with Gasteiger partial charge in [0.2, 0.25) is 5.91 Å². The Morgan fingerprint density at radius 2 is 1.96 bits per heavy atom. The van der Waals surface area contributed by atoms with Crippen LogP contribution in [-0.4, -0.2) is 33.6 Å². The lowest BCUT2D eigenvalue weighted by atomic mass is 9.95. The van der Waals surface area contributed by atoms with Crippen molar-refractivity contribution in [3.63, 3.8) is 0 Å². The molecular formula is C22H28N2O2S2. The number of carbonyl (C=O) groups is 2. The van der Waals surface area contributed by atoms with Crippen molar-refractivity contribution in [3.8, 4) is 0 Å². The van der Waals surface area contributed by atoms with E-state index in [1.54, 1.807) is 4.90 Å². The molecule has 0 aromatic heterocycles. The van der Waals surface area contributed by atoms with Crippen molar-refractivity contribution in [1.29, 1.82) is 0 Å². The molecular weight excluding hydrogens is 388 g/mol. The van der Waals surface area contributed by atoms with E-state index < -0.39 is 0 Å². The summed E-state index contributed by atoms with van der Waals surface area (Å²) in [7, 11) is 0. The molecule has 0 atom stereocenters. The predicted molar refractivity (Wildman–Crippen MR) is 120 cm³/mol. The van der Waals surface area contributed by atoms with E-state index in [0.717, 1.165) is 24.8 Å². The second kappa shape index (κ2) is 10.2. The molecule has 3 rings (SSSR count). The number of thiocarbonyl (C=S) groups is 1. The van der Waals surface area contributed by atoms with Gasteiger partial charge in [-0.2, -0.15) is 0 Å². The van der Waals surface area contributed by atoms with Crippen LogP contribution in [0.25, 0.3) is 6.08 Å². The monoisotopic (exact) mass is 416 g/mol. The normalized spacial score (nSPS) is 19.5. The Bertz CT molecular complexity index is 752. The Kier molecular flexibility index (Phi) is 7.68. The van der Waals surface area contributed by atoms with E-state index >= 15 is 0 Å². The molecule has 150 valence electrons. The van der Waals surface area contributed by atoms with Gasteiger partial charge in [0.25, 0.3) is 5.91 Å². The maximum Gasteiger partial charge on any atom is 0.266 e. The van der Waals surface area contributed by atoms with Crippen molar-refractivity contribution in [2.24, 2.45) is 0 Å². The summed E-state index contributed by atoms with van der Waals surface area (Å²) in [4.78, 5) is 27.1. The van der Waals surface area contributed by atoms with Crippen LogP contribution in [0.2, 0.25) is 0 Å². The van der Waals surface area contributed by atoms with Crippen molar-refractivity contribution in [2.45, 2.75) is 64.3 Å². The fourth-order valence-electron chi connectivity index (χ4n) is 3.64. The van der Waals surface area contributed by atoms with Gasteiger partial charge in [-0.15, -0.1) is 0 Å². The highest BCUT2D eigenvalue weighted by Gasteiger charge is 2.31. The zero-order valence-corrected chi connectivity index (χ0v) is 18.0. The highest BCUT2D eigenvalue weighted by atomic mass is 32.2. The first-order valence-electron chi connectivity index (χ1n) is 10.2. The molecule has 0 radical (unpaired) electrons. The lowest BCUT2D eigenvalue weighted by molar-refractivity contribution is -0.124. The summed E-state index contributed by atoms with van der Waals surface area (Å²) in [5.74, 6) is 0.0335. The first kappa shape index (κ1) is 21.1. The quantitative estimate of drug-likeness (QED) is 0.518. The molecule has 1 N–H and O–H groups in total. The van der Waals surface area contributed by atoms with Gasteiger partial charge in [0, 0.05) is 19.0 Å². The topological polar surface area (TPSA) is 49.4 Å². The third kappa shape index (κ3) is 5.67. The highest BCUT2D eigenvalue weighted by molar-refractivity contribution is 8.26. The number of thioether (sulfide) groups is 1. The van der Waals surface area contributed by atoms with Crippen LogP contribution in [-0.2, 0) is 16.0 Å². The molecule has 2 aliphatic rings. The zero-order valence-electron chi connectivity index (χ0n) is 16.4. The molecule has 0 bridgehead atoms. The van der Waals surface area contributed by atoms with Crippen LogP contribution in [0.3, 0.4) is 0 Å². The Labute approximate surface area is 177 Å². The third-order valence-corrected chi connectivity index (χ3v) is 6.69. The summed E-state index contributed by atoms with van der Waals surface area (Å²) in [6, 6.07) is 8.55. The second-order valence-corrected chi connectivity index (χ2v) is 9.11. The molecule has 4 nitrogen and oxygen atoms in total. The van der Waals surface area contributed by atoms with Gasteiger partial charge in [-0.25, -0.2) is 0 Å². The zero-order chi connectivity index (χ0) is 19.9. The summed E-state index contributed by atoms with van der Waals surface area (Å²) >= 11 is 6.73. The number of nitrogens with zero attached hydrogens (tertiary/aromatic N) is 1. The molecule has 6 heteroatoms. The fraction of sp³-hybridized carbons (Fsp3) is 0.500. The molecule has 2 fully saturated rings. The van der Waals surface area contributed by atoms with Crippen LogP contribution in [0.15, 0.2) is 29.2 Å². The number of benzene rings is 1. The minimum absolute atomic E-state index is 0.0535. The van der Waals surface area contributed by atoms with Crippen molar-refractivity contribution in [2.75, 3.05) is 6.54 Å². The van der Waals surface area contributed by atoms with E-state index in [0.29, 0.717) is 34.7 Å². The summed E-state index contributed by atoms with van der Waals surface area (Å²) in [5.41, 5.74) is 2.28. The lowest BCUT2D eigenvalue weighted by Crippen LogP contribution is -2.36. The van der Waals surface area contributed by atoms with Crippen molar-refractivity contribution in [3.05, 3.63) is 40.3 Å². The van der Waals surface area contributed by atoms with Gasteiger partial charge in [0.1, 0.15) is 4.32 Å². The van der Waals surface area contributed by atoms with Gasteiger partial charge in [0.05, 0.1) is 4.91 Å². The summed E-state index contributed by atoms with van der Waals surface area (Å²) in [5, 5.41) is 3.13. The number of nitrogens with one attached hydrogen (secondary N) is 1. The van der Waals surface area contributed by atoms with Crippen LogP contribution < -0.4 is 5.32 Å². The van der Waals surface area contributed by atoms with E-state index in [4.69, 9.17) is 12.2 Å². The molecule has 1 aromatic rings. The number of hydrogen-bond acceptors (Lipinski definition) is 4. The molecule has 1 aliphatic carbocycles. The maximum absolute atomic E-state index is 12.7. The van der Waals surface area contributed by atoms with Crippen molar-refractivity contribution < 1.29 is 9.59 Å². The molecule has 1 saturated heterocycles. The Morgan fingerprint density at radius 3 is 2.64 bits per heavy atom. The molecule has 1 heterocycles. The number of carbonyl (C=O) groups excluding carboxylic acids is 2. The first-order chi connectivity index (χ1) is 13.6. The fourth-order valence-corrected chi connectivity index (χ4v) is 4.95. The van der Waals surface area contributed by atoms with E-state index in [-0.39, 0.29) is 11.8 Å². The van der Waals surface area contributed by atoms with Crippen LogP contribution in [0.4, 0.5) is 0 Å². The minimum atomic E-state index is -0.0535. The molecule has 1 aliphatic heterocycles. The molecule has 0 spiro atoms. The summed E-state index contributed by atoms with van der Waals surface area (Å²) in [6.45, 7) is 2.62. The van der Waals surface area contributed by atoms with Gasteiger partial charge in [0.15, 0.2) is 0 Å². The third-order valence-electron chi connectivity index (χ3n) is 5.32. The summed E-state index contributed by atoms with van der Waals surface area (Å²) < 4.78 is 0.578. The SMILES string of the molecule is CCc1ccc(/C=C2\SC(=S)N(CCCC(=O)NC3CCCCC3)C2=O)cc1. The predicted octanol–water partition coefficient (Wildman–Crippen LogP) is 4.68. The van der Waals surface area contributed by atoms with Crippen molar-refractivity contribution >= 4 is 46.2 Å². The van der Waals surface area contributed by atoms with Crippen LogP contribution in [0, 0.1) is 0 Å². The number of aryl methyl sites for hydroxylation is 1. The average Bonchev–Trinajstić information content (AvgIpc) is 2.96. The summed E-state index contributed by atoms with van der Waals surface area (Å²) in [6.07, 6.45) is 9.82. The first-order valence-corrected chi connectivity index (χ1v) is 11.4. The lowest BCUT2D eigenvalue weighted by Gasteiger charge is -2.23. The van der Waals surface area contributed by atoms with Crippen LogP contribution >= 0.6 is 24.0 Å². The number of rotatable bonds is 7. The number of hydrogen-bond donors (Lipinski definition) is 1. The smallest absolute Gasteiger partial charge is 0.266 e. The molecule has 1 saturated carbocycles. The van der Waals surface area contributed by atoms with Crippen LogP contribution in [0.1, 0.15) is 63.0 Å². The van der Waals surface area contributed by atoms with E-state index in [1.165, 1.54) is 36.6 Å². The molecule has 2 amide bonds. The van der Waals surface area contributed by atoms with Crippen molar-refractivity contribution in [1.82, 2.24) is 10.2 Å². The molecule has 28 heavy (non-hydrogen) atoms. The Morgan fingerprint density at radius 1 is 1.25 bits per heavy atom. The Balaban J connectivity index is 1.49. The number of amides is 2. The molecule has 1 aromatic carbocycles. The van der Waals surface area contributed by atoms with Gasteiger partial charge < -0.3 is 5.32 Å². The van der Waals surface area contributed by atoms with E-state index in [2.05, 4.69) is 24.4 Å². The average molecular weight is 417 g/mol. The maximum atomic E-state index is 12.7. The van der Waals surface area contributed by atoms with Gasteiger partial charge in [-0.05, 0) is 42.9 Å². The van der Waals surface area contributed by atoms with Crippen LogP contribution in [0.5, 0.6) is 0 Å². The molecule has 0 unspecified atom stereocenters. The minimum Gasteiger partial charge on any atom is -0.353 e. The highest BCUT2D eigenvalue weighted by Crippen LogP contribution is 2.32. The van der Waals surface area contributed by atoms with Gasteiger partial charge >= 0.3 is 0 Å². The van der Waals surface area contributed by atoms with Gasteiger partial charge in [-0.1, -0.05) is 74.4 Å². The Hall–Kier alpha value is -1.66. The standard InChI is InChI=1S/C22H28N2O2S2/c1-2-16-10-12-17(13-11-16)15-19-21(26)24(22(27)28-19)14-6-9-20(25)23-18-7-4-3-5-8-18/h10-13,15,18H,2-9,14H2,1H3,(H,23,25)/b19-15-. The van der Waals surface area contributed by atoms with E-state index in [9.17, 15) is 9.59 Å². The second-order valence-electron chi connectivity index (χ2n) is 7.43. The largest absolute Gasteiger partial charge is 0.353 e.